The minimum absolute atomic E-state index is 0.0710. The molecular formula is C16H22N2O3. The van der Waals surface area contributed by atoms with Gasteiger partial charge < -0.3 is 15.0 Å². The predicted molar refractivity (Wildman–Crippen MR) is 80.1 cm³/mol. The molecule has 0 atom stereocenters. The lowest BCUT2D eigenvalue weighted by Crippen LogP contribution is -2.41. The quantitative estimate of drug-likeness (QED) is 0.825. The number of carbonyl (C=O) groups is 2. The number of hydrogen-bond donors (Lipinski definition) is 1. The van der Waals surface area contributed by atoms with Crippen molar-refractivity contribution >= 4 is 11.8 Å². The van der Waals surface area contributed by atoms with Crippen molar-refractivity contribution in [3.05, 3.63) is 29.8 Å². The van der Waals surface area contributed by atoms with Crippen molar-refractivity contribution in [1.29, 1.82) is 0 Å². The highest BCUT2D eigenvalue weighted by molar-refractivity contribution is 5.84. The molecule has 21 heavy (non-hydrogen) atoms. The van der Waals surface area contributed by atoms with Crippen LogP contribution >= 0.6 is 0 Å². The van der Waals surface area contributed by atoms with Gasteiger partial charge in [0.05, 0.1) is 13.7 Å². The summed E-state index contributed by atoms with van der Waals surface area (Å²) in [7, 11) is 1.63. The maximum atomic E-state index is 11.8. The first-order chi connectivity index (χ1) is 10.1. The van der Waals surface area contributed by atoms with Crippen LogP contribution in [0.3, 0.4) is 0 Å². The summed E-state index contributed by atoms with van der Waals surface area (Å²) >= 11 is 0. The van der Waals surface area contributed by atoms with E-state index in [4.69, 9.17) is 4.74 Å². The summed E-state index contributed by atoms with van der Waals surface area (Å²) in [6.45, 7) is 2.16. The summed E-state index contributed by atoms with van der Waals surface area (Å²) in [5.74, 6) is 0.649. The molecule has 0 heterocycles. The first-order valence-electron chi connectivity index (χ1n) is 7.26. The Balaban J connectivity index is 1.86. The molecule has 1 aliphatic rings. The lowest BCUT2D eigenvalue weighted by Gasteiger charge is -2.20. The first kappa shape index (κ1) is 15.4. The van der Waals surface area contributed by atoms with E-state index < -0.39 is 0 Å². The molecule has 114 valence electrons. The molecule has 0 spiro atoms. The second-order valence-electron chi connectivity index (χ2n) is 5.38. The van der Waals surface area contributed by atoms with Gasteiger partial charge in [0, 0.05) is 19.5 Å². The Morgan fingerprint density at radius 3 is 2.76 bits per heavy atom. The third-order valence-electron chi connectivity index (χ3n) is 3.53. The molecule has 1 fully saturated rings. The van der Waals surface area contributed by atoms with Gasteiger partial charge in [-0.05, 0) is 37.0 Å². The van der Waals surface area contributed by atoms with Crippen LogP contribution in [0.4, 0.5) is 0 Å². The maximum absolute atomic E-state index is 11.8. The molecule has 1 aromatic rings. The Kier molecular flexibility index (Phi) is 5.20. The Hall–Kier alpha value is -2.04. The highest BCUT2D eigenvalue weighted by atomic mass is 16.5. The van der Waals surface area contributed by atoms with Crippen molar-refractivity contribution < 1.29 is 14.3 Å². The van der Waals surface area contributed by atoms with Crippen molar-refractivity contribution in [2.45, 2.75) is 32.2 Å². The molecule has 1 N–H and O–H groups in total. The molecular weight excluding hydrogens is 268 g/mol. The van der Waals surface area contributed by atoms with Crippen LogP contribution in [-0.2, 0) is 16.0 Å². The zero-order valence-corrected chi connectivity index (χ0v) is 12.6. The lowest BCUT2D eigenvalue weighted by molar-refractivity contribution is -0.134. The van der Waals surface area contributed by atoms with Crippen molar-refractivity contribution in [3.63, 3.8) is 0 Å². The zero-order chi connectivity index (χ0) is 15.2. The topological polar surface area (TPSA) is 58.6 Å². The standard InChI is InChI=1S/C16H22N2O3/c1-12(19)18(11-16(20)17-14-6-7-14)9-8-13-4-3-5-15(10-13)21-2/h3-5,10,14H,6-9,11H2,1-2H3,(H,17,20). The molecule has 0 aromatic heterocycles. The van der Waals surface area contributed by atoms with Crippen LogP contribution in [0, 0.1) is 0 Å². The van der Waals surface area contributed by atoms with Crippen LogP contribution < -0.4 is 10.1 Å². The van der Waals surface area contributed by atoms with E-state index in [9.17, 15) is 9.59 Å². The summed E-state index contributed by atoms with van der Waals surface area (Å²) in [6.07, 6.45) is 2.80. The number of rotatable bonds is 7. The Labute approximate surface area is 125 Å². The van der Waals surface area contributed by atoms with E-state index in [0.717, 1.165) is 24.2 Å². The van der Waals surface area contributed by atoms with Gasteiger partial charge in [0.15, 0.2) is 0 Å². The van der Waals surface area contributed by atoms with Crippen LogP contribution in [-0.4, -0.2) is 43.0 Å². The molecule has 0 aliphatic heterocycles. The average molecular weight is 290 g/mol. The van der Waals surface area contributed by atoms with E-state index in [2.05, 4.69) is 5.32 Å². The first-order valence-corrected chi connectivity index (χ1v) is 7.26. The normalized spacial score (nSPS) is 13.6. The summed E-state index contributed by atoms with van der Waals surface area (Å²) in [4.78, 5) is 25.0. The number of nitrogens with zero attached hydrogens (tertiary/aromatic N) is 1. The molecule has 5 heteroatoms. The number of amides is 2. The Bertz CT molecular complexity index is 512. The van der Waals surface area contributed by atoms with Gasteiger partial charge in [-0.15, -0.1) is 0 Å². The van der Waals surface area contributed by atoms with E-state index in [1.54, 1.807) is 12.0 Å². The fraction of sp³-hybridized carbons (Fsp3) is 0.500. The minimum atomic E-state index is -0.0798. The SMILES string of the molecule is COc1cccc(CCN(CC(=O)NC2CC2)C(C)=O)c1. The number of nitrogens with one attached hydrogen (secondary N) is 1. The van der Waals surface area contributed by atoms with Gasteiger partial charge >= 0.3 is 0 Å². The average Bonchev–Trinajstić information content (AvgIpc) is 3.27. The third-order valence-corrected chi connectivity index (χ3v) is 3.53. The summed E-state index contributed by atoms with van der Waals surface area (Å²) in [6, 6.07) is 8.07. The molecule has 0 radical (unpaired) electrons. The fourth-order valence-electron chi connectivity index (χ4n) is 2.11. The van der Waals surface area contributed by atoms with Crippen LogP contribution in [0.5, 0.6) is 5.75 Å². The van der Waals surface area contributed by atoms with Crippen LogP contribution in [0.2, 0.25) is 0 Å². The minimum Gasteiger partial charge on any atom is -0.497 e. The predicted octanol–water partition coefficient (Wildman–Crippen LogP) is 1.36. The van der Waals surface area contributed by atoms with Gasteiger partial charge in [0.25, 0.3) is 0 Å². The number of hydrogen-bond acceptors (Lipinski definition) is 3. The van der Waals surface area contributed by atoms with Gasteiger partial charge in [-0.25, -0.2) is 0 Å². The summed E-state index contributed by atoms with van der Waals surface area (Å²) < 4.78 is 5.18. The number of methoxy groups -OCH3 is 1. The number of ether oxygens (including phenoxy) is 1. The van der Waals surface area contributed by atoms with E-state index >= 15 is 0 Å². The fourth-order valence-corrected chi connectivity index (χ4v) is 2.11. The van der Waals surface area contributed by atoms with Gasteiger partial charge in [0.2, 0.25) is 11.8 Å². The lowest BCUT2D eigenvalue weighted by atomic mass is 10.1. The zero-order valence-electron chi connectivity index (χ0n) is 12.6. The molecule has 2 rings (SSSR count). The molecule has 1 saturated carbocycles. The highest BCUT2D eigenvalue weighted by Crippen LogP contribution is 2.18. The Morgan fingerprint density at radius 1 is 1.38 bits per heavy atom. The molecule has 0 bridgehead atoms. The molecule has 0 unspecified atom stereocenters. The molecule has 0 saturated heterocycles. The van der Waals surface area contributed by atoms with Gasteiger partial charge in [-0.2, -0.15) is 0 Å². The van der Waals surface area contributed by atoms with Crippen molar-refractivity contribution in [2.75, 3.05) is 20.2 Å². The molecule has 1 aliphatic carbocycles. The second-order valence-corrected chi connectivity index (χ2v) is 5.38. The summed E-state index contributed by atoms with van der Waals surface area (Å²) in [5, 5.41) is 2.90. The van der Waals surface area contributed by atoms with Crippen LogP contribution in [0.15, 0.2) is 24.3 Å². The van der Waals surface area contributed by atoms with E-state index in [1.807, 2.05) is 24.3 Å². The number of benzene rings is 1. The smallest absolute Gasteiger partial charge is 0.239 e. The van der Waals surface area contributed by atoms with Gasteiger partial charge in [-0.1, -0.05) is 12.1 Å². The number of carbonyl (C=O) groups excluding carboxylic acids is 2. The molecule has 2 amide bonds. The van der Waals surface area contributed by atoms with Crippen molar-refractivity contribution in [2.24, 2.45) is 0 Å². The monoisotopic (exact) mass is 290 g/mol. The van der Waals surface area contributed by atoms with Crippen molar-refractivity contribution in [1.82, 2.24) is 10.2 Å². The van der Waals surface area contributed by atoms with Gasteiger partial charge in [0.1, 0.15) is 5.75 Å². The van der Waals surface area contributed by atoms with Gasteiger partial charge in [-0.3, -0.25) is 9.59 Å². The third kappa shape index (κ3) is 5.10. The summed E-state index contributed by atoms with van der Waals surface area (Å²) in [5.41, 5.74) is 1.09. The van der Waals surface area contributed by atoms with Crippen LogP contribution in [0.25, 0.3) is 0 Å². The van der Waals surface area contributed by atoms with Crippen LogP contribution in [0.1, 0.15) is 25.3 Å². The van der Waals surface area contributed by atoms with Crippen molar-refractivity contribution in [3.8, 4) is 5.75 Å². The Morgan fingerprint density at radius 2 is 2.14 bits per heavy atom. The second kappa shape index (κ2) is 7.11. The molecule has 5 nitrogen and oxygen atoms in total. The van der Waals surface area contributed by atoms with E-state index in [1.165, 1.54) is 6.92 Å². The largest absolute Gasteiger partial charge is 0.497 e. The van der Waals surface area contributed by atoms with E-state index in [0.29, 0.717) is 19.0 Å². The highest BCUT2D eigenvalue weighted by Gasteiger charge is 2.24. The molecule has 1 aromatic carbocycles. The van der Waals surface area contributed by atoms with E-state index in [-0.39, 0.29) is 18.4 Å². The maximum Gasteiger partial charge on any atom is 0.239 e.